The van der Waals surface area contributed by atoms with E-state index in [1.807, 2.05) is 73.6 Å². The van der Waals surface area contributed by atoms with Gasteiger partial charge in [0, 0.05) is 30.9 Å². The van der Waals surface area contributed by atoms with E-state index >= 15 is 0 Å². The van der Waals surface area contributed by atoms with Crippen molar-refractivity contribution in [2.75, 3.05) is 23.9 Å². The third-order valence-corrected chi connectivity index (χ3v) is 6.31. The number of aliphatic imine (C=N–C) groups is 1. The van der Waals surface area contributed by atoms with E-state index in [0.29, 0.717) is 22.8 Å². The first kappa shape index (κ1) is 25.5. The highest BCUT2D eigenvalue weighted by atomic mass is 19.1. The Kier molecular flexibility index (Phi) is 7.28. The van der Waals surface area contributed by atoms with E-state index in [4.69, 9.17) is 4.99 Å². The van der Waals surface area contributed by atoms with E-state index in [1.54, 1.807) is 53.5 Å². The maximum Gasteiger partial charge on any atom is 0.282 e. The van der Waals surface area contributed by atoms with Crippen molar-refractivity contribution < 1.29 is 14.0 Å². The minimum Gasteiger partial charge on any atom is -0.378 e. The number of hydrogen-bond donors (Lipinski definition) is 0. The summed E-state index contributed by atoms with van der Waals surface area (Å²) in [7, 11) is 3.95. The first-order valence-electron chi connectivity index (χ1n) is 12.4. The molecule has 0 N–H and O–H groups in total. The molecule has 0 bridgehead atoms. The van der Waals surface area contributed by atoms with Crippen LogP contribution in [-0.4, -0.2) is 31.6 Å². The predicted octanol–water partition coefficient (Wildman–Crippen LogP) is 6.62. The van der Waals surface area contributed by atoms with Crippen LogP contribution in [0.15, 0.2) is 120 Å². The molecule has 0 aliphatic carbocycles. The number of benzene rings is 4. The molecule has 0 unspecified atom stereocenters. The lowest BCUT2D eigenvalue weighted by Crippen LogP contribution is -2.32. The minimum absolute atomic E-state index is 0.197. The van der Waals surface area contributed by atoms with Gasteiger partial charge in [0.15, 0.2) is 5.78 Å². The monoisotopic (exact) mass is 515 g/mol. The molecule has 192 valence electrons. The average Bonchev–Trinajstić information content (AvgIpc) is 3.28. The zero-order chi connectivity index (χ0) is 27.4. The maximum absolute atomic E-state index is 13.6. The number of amidine groups is 1. The summed E-state index contributed by atoms with van der Waals surface area (Å²) in [4.78, 5) is 34.6. The lowest BCUT2D eigenvalue weighted by molar-refractivity contribution is -0.113. The highest BCUT2D eigenvalue weighted by molar-refractivity contribution is 6.33. The minimum atomic E-state index is -0.329. The molecule has 39 heavy (non-hydrogen) atoms. The fourth-order valence-corrected chi connectivity index (χ4v) is 4.18. The van der Waals surface area contributed by atoms with Crippen LogP contribution in [0.1, 0.15) is 27.0 Å². The Hall–Kier alpha value is -5.10. The van der Waals surface area contributed by atoms with Crippen molar-refractivity contribution >= 4 is 41.1 Å². The second-order valence-electron chi connectivity index (χ2n) is 9.25. The molecule has 0 saturated heterocycles. The lowest BCUT2D eigenvalue weighted by Gasteiger charge is -2.18. The summed E-state index contributed by atoms with van der Waals surface area (Å²) >= 11 is 0. The predicted molar refractivity (Wildman–Crippen MR) is 155 cm³/mol. The summed E-state index contributed by atoms with van der Waals surface area (Å²) < 4.78 is 13.1. The van der Waals surface area contributed by atoms with Crippen LogP contribution >= 0.6 is 0 Å². The standard InChI is InChI=1S/C33H26FN3O2/c1-36(2)28-17-10-24(11-18-28)22-30-33(39)37(32(35-30)26-6-4-3-5-7-26)29-19-13-25(14-20-29)31(38)21-12-23-8-15-27(34)16-9-23/h3-22H,1-2H3. The Morgan fingerprint density at radius 2 is 1.46 bits per heavy atom. The Morgan fingerprint density at radius 1 is 0.821 bits per heavy atom. The van der Waals surface area contributed by atoms with Gasteiger partial charge in [0.2, 0.25) is 0 Å². The number of rotatable bonds is 7. The summed E-state index contributed by atoms with van der Waals surface area (Å²) in [6.45, 7) is 0. The summed E-state index contributed by atoms with van der Waals surface area (Å²) in [5.74, 6) is -0.255. The summed E-state index contributed by atoms with van der Waals surface area (Å²) in [6, 6.07) is 30.2. The lowest BCUT2D eigenvalue weighted by atomic mass is 10.1. The molecule has 6 heteroatoms. The third kappa shape index (κ3) is 5.75. The van der Waals surface area contributed by atoms with Gasteiger partial charge >= 0.3 is 0 Å². The topological polar surface area (TPSA) is 53.0 Å². The molecule has 0 atom stereocenters. The van der Waals surface area contributed by atoms with Gasteiger partial charge in [-0.2, -0.15) is 0 Å². The number of ketones is 1. The molecule has 5 rings (SSSR count). The highest BCUT2D eigenvalue weighted by Gasteiger charge is 2.32. The van der Waals surface area contributed by atoms with E-state index in [-0.39, 0.29) is 17.5 Å². The molecular weight excluding hydrogens is 489 g/mol. The molecule has 1 aliphatic heterocycles. The Balaban J connectivity index is 1.42. The Labute approximate surface area is 226 Å². The number of nitrogens with zero attached hydrogens (tertiary/aromatic N) is 3. The Bertz CT molecular complexity index is 1590. The fraction of sp³-hybridized carbons (Fsp3) is 0.0606. The molecule has 0 aromatic heterocycles. The van der Waals surface area contributed by atoms with E-state index < -0.39 is 0 Å². The zero-order valence-corrected chi connectivity index (χ0v) is 21.6. The maximum atomic E-state index is 13.6. The number of carbonyl (C=O) groups is 2. The summed E-state index contributed by atoms with van der Waals surface area (Å²) in [6.07, 6.45) is 4.87. The van der Waals surface area contributed by atoms with Gasteiger partial charge in [0.25, 0.3) is 5.91 Å². The normalized spacial score (nSPS) is 14.2. The number of halogens is 1. The first-order chi connectivity index (χ1) is 18.9. The van der Waals surface area contributed by atoms with E-state index in [1.165, 1.54) is 18.2 Å². The molecule has 4 aromatic rings. The second kappa shape index (κ2) is 11.1. The van der Waals surface area contributed by atoms with Gasteiger partial charge in [-0.3, -0.25) is 14.5 Å². The summed E-state index contributed by atoms with van der Waals surface area (Å²) in [5.41, 5.74) is 4.87. The molecule has 0 saturated carbocycles. The van der Waals surface area contributed by atoms with Gasteiger partial charge in [-0.25, -0.2) is 9.38 Å². The Morgan fingerprint density at radius 3 is 2.10 bits per heavy atom. The van der Waals surface area contributed by atoms with Gasteiger partial charge in [-0.15, -0.1) is 0 Å². The van der Waals surface area contributed by atoms with Crippen LogP contribution in [0.5, 0.6) is 0 Å². The smallest absolute Gasteiger partial charge is 0.282 e. The van der Waals surface area contributed by atoms with Crippen molar-refractivity contribution in [1.82, 2.24) is 0 Å². The van der Waals surface area contributed by atoms with Gasteiger partial charge in [-0.1, -0.05) is 60.7 Å². The average molecular weight is 516 g/mol. The quantitative estimate of drug-likeness (QED) is 0.205. The molecular formula is C33H26FN3O2. The molecule has 4 aromatic carbocycles. The van der Waals surface area contributed by atoms with Crippen LogP contribution in [0.3, 0.4) is 0 Å². The second-order valence-corrected chi connectivity index (χ2v) is 9.25. The number of anilines is 2. The van der Waals surface area contributed by atoms with Gasteiger partial charge < -0.3 is 4.90 Å². The van der Waals surface area contributed by atoms with Crippen LogP contribution in [0.4, 0.5) is 15.8 Å². The van der Waals surface area contributed by atoms with Crippen molar-refractivity contribution in [3.05, 3.63) is 143 Å². The SMILES string of the molecule is CN(C)c1ccc(C=C2N=C(c3ccccc3)N(c3ccc(C(=O)C=Cc4ccc(F)cc4)cc3)C2=O)cc1. The molecule has 1 heterocycles. The van der Waals surface area contributed by atoms with Crippen molar-refractivity contribution in [3.63, 3.8) is 0 Å². The first-order valence-corrected chi connectivity index (χ1v) is 12.4. The van der Waals surface area contributed by atoms with Gasteiger partial charge in [-0.05, 0) is 71.8 Å². The third-order valence-electron chi connectivity index (χ3n) is 6.31. The molecule has 1 aliphatic rings. The van der Waals surface area contributed by atoms with Gasteiger partial charge in [0.1, 0.15) is 17.3 Å². The van der Waals surface area contributed by atoms with E-state index in [9.17, 15) is 14.0 Å². The largest absolute Gasteiger partial charge is 0.378 e. The van der Waals surface area contributed by atoms with Crippen molar-refractivity contribution in [3.8, 4) is 0 Å². The fourth-order valence-electron chi connectivity index (χ4n) is 4.18. The van der Waals surface area contributed by atoms with Crippen LogP contribution in [0.25, 0.3) is 12.2 Å². The molecule has 1 amide bonds. The number of carbonyl (C=O) groups excluding carboxylic acids is 2. The molecule has 5 nitrogen and oxygen atoms in total. The van der Waals surface area contributed by atoms with E-state index in [0.717, 1.165) is 22.4 Å². The number of amides is 1. The van der Waals surface area contributed by atoms with E-state index in [2.05, 4.69) is 0 Å². The van der Waals surface area contributed by atoms with Crippen LogP contribution < -0.4 is 9.80 Å². The van der Waals surface area contributed by atoms with Gasteiger partial charge in [0.05, 0.1) is 5.69 Å². The zero-order valence-electron chi connectivity index (χ0n) is 21.6. The number of hydrogen-bond acceptors (Lipinski definition) is 4. The summed E-state index contributed by atoms with van der Waals surface area (Å²) in [5, 5.41) is 0. The molecule has 0 spiro atoms. The molecule has 0 radical (unpaired) electrons. The van der Waals surface area contributed by atoms with Crippen LogP contribution in [0.2, 0.25) is 0 Å². The molecule has 0 fully saturated rings. The van der Waals surface area contributed by atoms with Crippen molar-refractivity contribution in [2.45, 2.75) is 0 Å². The van der Waals surface area contributed by atoms with Crippen molar-refractivity contribution in [2.24, 2.45) is 4.99 Å². The highest BCUT2D eigenvalue weighted by Crippen LogP contribution is 2.28. The van der Waals surface area contributed by atoms with Crippen molar-refractivity contribution in [1.29, 1.82) is 0 Å². The number of allylic oxidation sites excluding steroid dienone is 1. The van der Waals surface area contributed by atoms with Crippen LogP contribution in [-0.2, 0) is 4.79 Å². The van der Waals surface area contributed by atoms with Crippen LogP contribution in [0, 0.1) is 5.82 Å².